The number of halogens is 7. The van der Waals surface area contributed by atoms with E-state index in [2.05, 4.69) is 19.1 Å². The van der Waals surface area contributed by atoms with E-state index in [-0.39, 0.29) is 0 Å². The average Bonchev–Trinajstić information content (AvgIpc) is 2.27. The molecule has 0 aromatic carbocycles. The third-order valence-corrected chi connectivity index (χ3v) is 1.97. The summed E-state index contributed by atoms with van der Waals surface area (Å²) in [5.41, 5.74) is 0. The van der Waals surface area contributed by atoms with Gasteiger partial charge in [0, 0.05) is 11.2 Å². The van der Waals surface area contributed by atoms with E-state index in [1.54, 1.807) is 0 Å². The lowest BCUT2D eigenvalue weighted by Crippen LogP contribution is -1.99. The Kier molecular flexibility index (Phi) is 8.30. The third-order valence-electron chi connectivity index (χ3n) is 1.06. The summed E-state index contributed by atoms with van der Waals surface area (Å²) in [6.45, 7) is -7.60. The predicted molar refractivity (Wildman–Crippen MR) is 48.2 cm³/mol. The van der Waals surface area contributed by atoms with Gasteiger partial charge in [-0.2, -0.15) is 17.6 Å². The minimum absolute atomic E-state index is 1.45. The van der Waals surface area contributed by atoms with Gasteiger partial charge in [0.15, 0.2) is 11.7 Å². The highest BCUT2D eigenvalue weighted by molar-refractivity contribution is 7.81. The summed E-state index contributed by atoms with van der Waals surface area (Å²) in [6, 6.07) is 0. The van der Waals surface area contributed by atoms with E-state index in [9.17, 15) is 30.9 Å². The van der Waals surface area contributed by atoms with Crippen LogP contribution in [0.4, 0.5) is 26.3 Å². The highest BCUT2D eigenvalue weighted by Gasteiger charge is 2.25. The zero-order chi connectivity index (χ0) is 15.1. The minimum Gasteiger partial charge on any atom is -0.236 e. The maximum Gasteiger partial charge on any atom is 0.478 e. The van der Waals surface area contributed by atoms with Crippen LogP contribution in [0.3, 0.4) is 0 Å². The van der Waals surface area contributed by atoms with Gasteiger partial charge >= 0.3 is 19.1 Å². The van der Waals surface area contributed by atoms with E-state index in [1.165, 1.54) is 0 Å². The fraction of sp³-hybridized carbons (Fsp3) is 0.333. The SMILES string of the molecule is O=P(Cl)(OOCC(F)=C(F)F)OOCC(F)=C(F)F. The van der Waals surface area contributed by atoms with Crippen LogP contribution in [0.5, 0.6) is 0 Å². The van der Waals surface area contributed by atoms with Crippen molar-refractivity contribution in [2.75, 3.05) is 13.2 Å². The Labute approximate surface area is 106 Å². The molecular weight excluding hydrogens is 332 g/mol. The van der Waals surface area contributed by atoms with Crippen LogP contribution in [0.15, 0.2) is 23.8 Å². The van der Waals surface area contributed by atoms with Crippen molar-refractivity contribution >= 4 is 18.2 Å². The Balaban J connectivity index is 4.04. The highest BCUT2D eigenvalue weighted by Crippen LogP contribution is 2.54. The summed E-state index contributed by atoms with van der Waals surface area (Å²) in [7, 11) is 0. The maximum atomic E-state index is 12.1. The van der Waals surface area contributed by atoms with Crippen LogP contribution in [0.2, 0.25) is 0 Å². The van der Waals surface area contributed by atoms with Crippen molar-refractivity contribution in [3.63, 3.8) is 0 Å². The Morgan fingerprint density at radius 2 is 1.16 bits per heavy atom. The molecule has 112 valence electrons. The van der Waals surface area contributed by atoms with Gasteiger partial charge in [0.2, 0.25) is 0 Å². The number of rotatable bonds is 8. The van der Waals surface area contributed by atoms with Crippen LogP contribution >= 0.6 is 18.2 Å². The van der Waals surface area contributed by atoms with Gasteiger partial charge in [0.25, 0.3) is 0 Å². The molecule has 0 atom stereocenters. The minimum atomic E-state index is -4.71. The third kappa shape index (κ3) is 9.03. The van der Waals surface area contributed by atoms with Crippen LogP contribution in [0.25, 0.3) is 0 Å². The molecule has 0 aliphatic carbocycles. The molecule has 0 aliphatic heterocycles. The first-order valence-electron chi connectivity index (χ1n) is 3.97. The highest BCUT2D eigenvalue weighted by atomic mass is 35.7. The molecule has 0 saturated carbocycles. The van der Waals surface area contributed by atoms with Crippen LogP contribution in [0.1, 0.15) is 0 Å². The second kappa shape index (κ2) is 8.56. The average molecular weight is 337 g/mol. The second-order valence-corrected chi connectivity index (χ2v) is 4.84. The van der Waals surface area contributed by atoms with E-state index in [0.717, 1.165) is 0 Å². The van der Waals surface area contributed by atoms with E-state index < -0.39 is 44.0 Å². The largest absolute Gasteiger partial charge is 0.478 e. The van der Waals surface area contributed by atoms with E-state index in [0.29, 0.717) is 0 Å². The van der Waals surface area contributed by atoms with Crippen molar-refractivity contribution in [2.24, 2.45) is 0 Å². The standard InChI is InChI=1S/C6H4ClF6O5P/c7-19(14,17-15-1-3(8)5(10)11)18-16-2-4(9)6(12)13/h1-2H2. The molecule has 19 heavy (non-hydrogen) atoms. The summed E-state index contributed by atoms with van der Waals surface area (Å²) in [6.07, 6.45) is -5.42. The molecule has 0 saturated heterocycles. The molecule has 0 fully saturated rings. The van der Waals surface area contributed by atoms with Gasteiger partial charge in [-0.1, -0.05) is 0 Å². The predicted octanol–water partition coefficient (Wildman–Crippen LogP) is 4.38. The maximum absolute atomic E-state index is 12.1. The van der Waals surface area contributed by atoms with Crippen molar-refractivity contribution in [1.82, 2.24) is 0 Å². The van der Waals surface area contributed by atoms with Gasteiger partial charge < -0.3 is 0 Å². The first-order chi connectivity index (χ1) is 8.65. The van der Waals surface area contributed by atoms with Crippen molar-refractivity contribution in [3.05, 3.63) is 23.8 Å². The molecule has 0 aromatic heterocycles. The summed E-state index contributed by atoms with van der Waals surface area (Å²) in [4.78, 5) is 7.32. The number of hydrogen-bond acceptors (Lipinski definition) is 5. The van der Waals surface area contributed by atoms with Crippen LogP contribution < -0.4 is 0 Å². The van der Waals surface area contributed by atoms with Crippen molar-refractivity contribution < 1.29 is 50.0 Å². The van der Waals surface area contributed by atoms with E-state index in [4.69, 9.17) is 11.2 Å². The molecule has 0 unspecified atom stereocenters. The molecule has 13 heteroatoms. The quantitative estimate of drug-likeness (QED) is 0.285. The first-order valence-corrected chi connectivity index (χ1v) is 6.42. The molecule has 0 spiro atoms. The summed E-state index contributed by atoms with van der Waals surface area (Å²) in [5.74, 6) is -4.07. The summed E-state index contributed by atoms with van der Waals surface area (Å²) in [5, 5.41) is 0. The fourth-order valence-electron chi connectivity index (χ4n) is 0.404. The van der Waals surface area contributed by atoms with Gasteiger partial charge in [0.1, 0.15) is 13.2 Å². The van der Waals surface area contributed by atoms with Gasteiger partial charge in [-0.3, -0.25) is 0 Å². The van der Waals surface area contributed by atoms with Crippen molar-refractivity contribution in [2.45, 2.75) is 0 Å². The van der Waals surface area contributed by atoms with Crippen LogP contribution in [-0.2, 0) is 23.7 Å². The van der Waals surface area contributed by atoms with Crippen LogP contribution in [-0.4, -0.2) is 13.2 Å². The number of hydrogen-bond donors (Lipinski definition) is 0. The zero-order valence-corrected chi connectivity index (χ0v) is 10.2. The molecule has 0 radical (unpaired) electrons. The Bertz CT molecular complexity index is 373. The Hall–Kier alpha value is -0.580. The smallest absolute Gasteiger partial charge is 0.236 e. The molecule has 0 amide bonds. The lowest BCUT2D eigenvalue weighted by Gasteiger charge is -2.08. The summed E-state index contributed by atoms with van der Waals surface area (Å²) >= 11 is 4.87. The molecular formula is C6H4ClF6O5P. The molecule has 0 rings (SSSR count). The van der Waals surface area contributed by atoms with Crippen molar-refractivity contribution in [1.29, 1.82) is 0 Å². The molecule has 0 heterocycles. The Morgan fingerprint density at radius 3 is 1.42 bits per heavy atom. The summed E-state index contributed by atoms with van der Waals surface area (Å²) < 4.78 is 88.5. The van der Waals surface area contributed by atoms with E-state index >= 15 is 0 Å². The van der Waals surface area contributed by atoms with Gasteiger partial charge in [-0.05, 0) is 0 Å². The van der Waals surface area contributed by atoms with E-state index in [1.807, 2.05) is 0 Å². The van der Waals surface area contributed by atoms with Crippen LogP contribution in [0, 0.1) is 0 Å². The first kappa shape index (κ1) is 18.4. The molecule has 0 bridgehead atoms. The topological polar surface area (TPSA) is 54.0 Å². The second-order valence-electron chi connectivity index (χ2n) is 2.43. The Morgan fingerprint density at radius 1 is 0.842 bits per heavy atom. The fourth-order valence-corrected chi connectivity index (χ4v) is 1.02. The van der Waals surface area contributed by atoms with Gasteiger partial charge in [-0.25, -0.2) is 23.1 Å². The van der Waals surface area contributed by atoms with Gasteiger partial charge in [0.05, 0.1) is 0 Å². The molecule has 5 nitrogen and oxygen atoms in total. The lowest BCUT2D eigenvalue weighted by molar-refractivity contribution is -0.257. The lowest BCUT2D eigenvalue weighted by atomic mass is 10.6. The molecule has 0 N–H and O–H groups in total. The molecule has 0 aromatic rings. The van der Waals surface area contributed by atoms with Gasteiger partial charge in [-0.15, -0.1) is 9.35 Å². The van der Waals surface area contributed by atoms with Crippen molar-refractivity contribution in [3.8, 4) is 0 Å². The monoisotopic (exact) mass is 336 g/mol. The normalized spacial score (nSPS) is 11.3. The molecule has 0 aliphatic rings. The zero-order valence-electron chi connectivity index (χ0n) is 8.55.